The lowest BCUT2D eigenvalue weighted by Gasteiger charge is -2.14. The zero-order valence-electron chi connectivity index (χ0n) is 10.9. The van der Waals surface area contributed by atoms with Crippen LogP contribution >= 0.6 is 36.4 Å². The number of nitrogens with zero attached hydrogens (tertiary/aromatic N) is 2. The molecule has 3 rings (SSSR count). The van der Waals surface area contributed by atoms with E-state index >= 15 is 0 Å². The van der Waals surface area contributed by atoms with E-state index in [1.807, 2.05) is 6.92 Å². The summed E-state index contributed by atoms with van der Waals surface area (Å²) in [4.78, 5) is 2.38. The van der Waals surface area contributed by atoms with Gasteiger partial charge in [0.2, 0.25) is 0 Å². The number of hydrogen-bond acceptors (Lipinski definition) is 3. The van der Waals surface area contributed by atoms with Gasteiger partial charge < -0.3 is 5.73 Å². The number of hydrogen-bond donors (Lipinski definition) is 2. The summed E-state index contributed by atoms with van der Waals surface area (Å²) in [7, 11) is 0. The Bertz CT molecular complexity index is 419. The molecule has 1 saturated heterocycles. The Hall–Kier alpha value is -0.000000000000000111. The molecule has 0 spiro atoms. The highest BCUT2D eigenvalue weighted by molar-refractivity contribution is 6.31. The van der Waals surface area contributed by atoms with Crippen LogP contribution in [0.3, 0.4) is 0 Å². The SMILES string of the molecule is Cc1[nH]nc(CN2C[C@H](C3CC3)[C@@H](N)C2)c1Cl.Cl.Cl. The summed E-state index contributed by atoms with van der Waals surface area (Å²) in [6, 6.07) is 0.335. The van der Waals surface area contributed by atoms with Gasteiger partial charge in [0.05, 0.1) is 16.4 Å². The standard InChI is InChI=1S/C12H19ClN4.2ClH/c1-7-12(13)11(16-15-7)6-17-4-9(8-2-3-8)10(14)5-17;;/h8-10H,2-6,14H2,1H3,(H,15,16);2*1H/t9-,10+;;/m1../s1. The number of aromatic amines is 1. The van der Waals surface area contributed by atoms with E-state index in [1.54, 1.807) is 0 Å². The molecule has 0 aromatic carbocycles. The van der Waals surface area contributed by atoms with Crippen molar-refractivity contribution in [3.63, 3.8) is 0 Å². The number of nitrogens with one attached hydrogen (secondary N) is 1. The normalized spacial score (nSPS) is 26.9. The molecule has 1 aliphatic heterocycles. The molecule has 0 amide bonds. The van der Waals surface area contributed by atoms with Crippen LogP contribution < -0.4 is 5.73 Å². The van der Waals surface area contributed by atoms with E-state index < -0.39 is 0 Å². The van der Waals surface area contributed by atoms with Gasteiger partial charge in [-0.1, -0.05) is 11.6 Å². The number of H-pyrrole nitrogens is 1. The highest BCUT2D eigenvalue weighted by atomic mass is 35.5. The van der Waals surface area contributed by atoms with Crippen molar-refractivity contribution in [3.05, 3.63) is 16.4 Å². The van der Waals surface area contributed by atoms with Crippen LogP contribution in [0.2, 0.25) is 5.02 Å². The molecular formula is C12H21Cl3N4. The van der Waals surface area contributed by atoms with Gasteiger partial charge in [-0.2, -0.15) is 5.10 Å². The monoisotopic (exact) mass is 326 g/mol. The second-order valence-electron chi connectivity index (χ2n) is 5.47. The van der Waals surface area contributed by atoms with Crippen molar-refractivity contribution in [1.82, 2.24) is 15.1 Å². The molecule has 0 radical (unpaired) electrons. The minimum atomic E-state index is 0. The van der Waals surface area contributed by atoms with Crippen LogP contribution in [0, 0.1) is 18.8 Å². The molecule has 1 saturated carbocycles. The van der Waals surface area contributed by atoms with Gasteiger partial charge in [0, 0.05) is 25.7 Å². The van der Waals surface area contributed by atoms with Crippen LogP contribution in [-0.2, 0) is 6.54 Å². The zero-order valence-corrected chi connectivity index (χ0v) is 13.3. The largest absolute Gasteiger partial charge is 0.326 e. The first-order valence-electron chi connectivity index (χ1n) is 6.32. The van der Waals surface area contributed by atoms with Gasteiger partial charge in [-0.25, -0.2) is 0 Å². The second-order valence-corrected chi connectivity index (χ2v) is 5.85. The Morgan fingerprint density at radius 2 is 2.05 bits per heavy atom. The van der Waals surface area contributed by atoms with Crippen molar-refractivity contribution in [2.45, 2.75) is 32.4 Å². The fraction of sp³-hybridized carbons (Fsp3) is 0.750. The smallest absolute Gasteiger partial charge is 0.0951 e. The molecule has 19 heavy (non-hydrogen) atoms. The maximum Gasteiger partial charge on any atom is 0.0951 e. The molecule has 4 nitrogen and oxygen atoms in total. The third-order valence-corrected chi connectivity index (χ3v) is 4.53. The predicted molar refractivity (Wildman–Crippen MR) is 82.3 cm³/mol. The van der Waals surface area contributed by atoms with Gasteiger partial charge >= 0.3 is 0 Å². The number of rotatable bonds is 3. The summed E-state index contributed by atoms with van der Waals surface area (Å²) < 4.78 is 0. The number of aromatic nitrogens is 2. The molecule has 1 aromatic rings. The van der Waals surface area contributed by atoms with Crippen LogP contribution in [0.15, 0.2) is 0 Å². The Kier molecular flexibility index (Phi) is 5.96. The quantitative estimate of drug-likeness (QED) is 0.896. The van der Waals surface area contributed by atoms with Crippen molar-refractivity contribution >= 4 is 36.4 Å². The molecule has 110 valence electrons. The molecule has 0 unspecified atom stereocenters. The molecule has 2 heterocycles. The van der Waals surface area contributed by atoms with E-state index in [-0.39, 0.29) is 24.8 Å². The number of nitrogens with two attached hydrogens (primary N) is 1. The number of likely N-dealkylation sites (tertiary alicyclic amines) is 1. The first-order chi connectivity index (χ1) is 8.15. The van der Waals surface area contributed by atoms with E-state index in [9.17, 15) is 0 Å². The van der Waals surface area contributed by atoms with E-state index in [4.69, 9.17) is 17.3 Å². The summed E-state index contributed by atoms with van der Waals surface area (Å²) in [5, 5.41) is 7.95. The van der Waals surface area contributed by atoms with Crippen LogP contribution in [0.5, 0.6) is 0 Å². The van der Waals surface area contributed by atoms with Crippen molar-refractivity contribution in [2.24, 2.45) is 17.6 Å². The van der Waals surface area contributed by atoms with Crippen LogP contribution in [0.1, 0.15) is 24.2 Å². The van der Waals surface area contributed by atoms with Gasteiger partial charge in [0.15, 0.2) is 0 Å². The number of halogens is 3. The summed E-state index contributed by atoms with van der Waals surface area (Å²) in [5.74, 6) is 1.57. The third-order valence-electron chi connectivity index (χ3n) is 4.03. The van der Waals surface area contributed by atoms with Gasteiger partial charge in [-0.05, 0) is 31.6 Å². The van der Waals surface area contributed by atoms with Crippen molar-refractivity contribution in [3.8, 4) is 0 Å². The maximum absolute atomic E-state index is 6.20. The minimum absolute atomic E-state index is 0. The minimum Gasteiger partial charge on any atom is -0.326 e. The van der Waals surface area contributed by atoms with Crippen molar-refractivity contribution < 1.29 is 0 Å². The molecule has 2 fully saturated rings. The van der Waals surface area contributed by atoms with Crippen molar-refractivity contribution in [1.29, 1.82) is 0 Å². The number of aryl methyl sites for hydroxylation is 1. The summed E-state index contributed by atoms with van der Waals surface area (Å²) in [6.45, 7) is 4.85. The average molecular weight is 328 g/mol. The fourth-order valence-corrected chi connectivity index (χ4v) is 3.02. The van der Waals surface area contributed by atoms with Crippen molar-refractivity contribution in [2.75, 3.05) is 13.1 Å². The fourth-order valence-electron chi connectivity index (χ4n) is 2.88. The summed E-state index contributed by atoms with van der Waals surface area (Å²) in [5.41, 5.74) is 8.10. The van der Waals surface area contributed by atoms with Gasteiger partial charge in [-0.3, -0.25) is 10.00 Å². The molecule has 1 aliphatic carbocycles. The van der Waals surface area contributed by atoms with E-state index in [0.717, 1.165) is 42.0 Å². The van der Waals surface area contributed by atoms with Gasteiger partial charge in [0.1, 0.15) is 0 Å². The Balaban J connectivity index is 0.000000902. The lowest BCUT2D eigenvalue weighted by atomic mass is 9.99. The highest BCUT2D eigenvalue weighted by Crippen LogP contribution is 2.41. The lowest BCUT2D eigenvalue weighted by Crippen LogP contribution is -2.30. The van der Waals surface area contributed by atoms with E-state index in [0.29, 0.717) is 12.0 Å². The summed E-state index contributed by atoms with van der Waals surface area (Å²) >= 11 is 6.18. The topological polar surface area (TPSA) is 57.9 Å². The molecule has 7 heteroatoms. The molecule has 0 bridgehead atoms. The lowest BCUT2D eigenvalue weighted by molar-refractivity contribution is 0.306. The Morgan fingerprint density at radius 3 is 2.58 bits per heavy atom. The maximum atomic E-state index is 6.20. The van der Waals surface area contributed by atoms with Crippen LogP contribution in [0.4, 0.5) is 0 Å². The van der Waals surface area contributed by atoms with Crippen LogP contribution in [-0.4, -0.2) is 34.2 Å². The third kappa shape index (κ3) is 3.56. The molecule has 2 aliphatic rings. The summed E-state index contributed by atoms with van der Waals surface area (Å²) in [6.07, 6.45) is 2.74. The Morgan fingerprint density at radius 1 is 1.37 bits per heavy atom. The molecule has 3 N–H and O–H groups in total. The van der Waals surface area contributed by atoms with Crippen LogP contribution in [0.25, 0.3) is 0 Å². The van der Waals surface area contributed by atoms with E-state index in [1.165, 1.54) is 12.8 Å². The first kappa shape index (κ1) is 17.1. The highest BCUT2D eigenvalue weighted by Gasteiger charge is 2.40. The van der Waals surface area contributed by atoms with Gasteiger partial charge in [-0.15, -0.1) is 24.8 Å². The second kappa shape index (κ2) is 6.64. The molecular weight excluding hydrogens is 307 g/mol. The molecule has 1 aromatic heterocycles. The average Bonchev–Trinajstić information content (AvgIpc) is 3.01. The molecule has 2 atom stereocenters. The Labute approximate surface area is 131 Å². The zero-order chi connectivity index (χ0) is 12.0. The van der Waals surface area contributed by atoms with E-state index in [2.05, 4.69) is 15.1 Å². The predicted octanol–water partition coefficient (Wildman–Crippen LogP) is 2.38. The first-order valence-corrected chi connectivity index (χ1v) is 6.70. The van der Waals surface area contributed by atoms with Gasteiger partial charge in [0.25, 0.3) is 0 Å².